The Morgan fingerprint density at radius 2 is 1.77 bits per heavy atom. The Morgan fingerprint density at radius 3 is 2.43 bits per heavy atom. The second-order valence-electron chi connectivity index (χ2n) is 7.39. The number of aromatic nitrogens is 4. The second-order valence-corrected chi connectivity index (χ2v) is 7.39. The smallest absolute Gasteiger partial charge is 0.238 e. The molecule has 4 rings (SSSR count). The Kier molecular flexibility index (Phi) is 5.71. The molecule has 0 aliphatic carbocycles. The molecular formula is C21H24FN7O. The van der Waals surface area contributed by atoms with Gasteiger partial charge in [0.25, 0.3) is 0 Å². The lowest BCUT2D eigenvalue weighted by atomic mass is 10.3. The zero-order valence-electron chi connectivity index (χ0n) is 17.0. The molecule has 2 aromatic heterocycles. The third-order valence-corrected chi connectivity index (χ3v) is 5.03. The minimum Gasteiger partial charge on any atom is -0.353 e. The van der Waals surface area contributed by atoms with Crippen LogP contribution in [0.4, 0.5) is 15.9 Å². The second kappa shape index (κ2) is 8.58. The van der Waals surface area contributed by atoms with E-state index in [0.717, 1.165) is 43.4 Å². The van der Waals surface area contributed by atoms with Crippen LogP contribution in [0, 0.1) is 19.7 Å². The number of piperazine rings is 1. The maximum Gasteiger partial charge on any atom is 0.238 e. The first-order chi connectivity index (χ1) is 14.5. The first-order valence-electron chi connectivity index (χ1n) is 9.86. The van der Waals surface area contributed by atoms with Crippen LogP contribution >= 0.6 is 0 Å². The molecule has 0 atom stereocenters. The Labute approximate surface area is 174 Å². The molecule has 156 valence electrons. The van der Waals surface area contributed by atoms with Crippen LogP contribution in [-0.4, -0.2) is 63.3 Å². The van der Waals surface area contributed by atoms with E-state index in [1.165, 1.54) is 12.1 Å². The predicted molar refractivity (Wildman–Crippen MR) is 112 cm³/mol. The predicted octanol–water partition coefficient (Wildman–Crippen LogP) is 2.18. The van der Waals surface area contributed by atoms with Crippen molar-refractivity contribution in [3.63, 3.8) is 0 Å². The van der Waals surface area contributed by atoms with E-state index < -0.39 is 0 Å². The summed E-state index contributed by atoms with van der Waals surface area (Å²) in [6, 6.07) is 7.77. The quantitative estimate of drug-likeness (QED) is 0.696. The van der Waals surface area contributed by atoms with Gasteiger partial charge in [0.05, 0.1) is 24.6 Å². The topological polar surface area (TPSA) is 79.2 Å². The van der Waals surface area contributed by atoms with Crippen molar-refractivity contribution in [1.29, 1.82) is 0 Å². The van der Waals surface area contributed by atoms with Gasteiger partial charge in [0.2, 0.25) is 5.91 Å². The first kappa shape index (κ1) is 20.0. The molecule has 30 heavy (non-hydrogen) atoms. The van der Waals surface area contributed by atoms with E-state index in [-0.39, 0.29) is 11.7 Å². The molecule has 1 amide bonds. The van der Waals surface area contributed by atoms with Crippen molar-refractivity contribution < 1.29 is 9.18 Å². The van der Waals surface area contributed by atoms with Gasteiger partial charge in [-0.15, -0.1) is 0 Å². The maximum atomic E-state index is 13.0. The van der Waals surface area contributed by atoms with E-state index >= 15 is 0 Å². The molecule has 1 aliphatic rings. The highest BCUT2D eigenvalue weighted by Gasteiger charge is 2.21. The fourth-order valence-electron chi connectivity index (χ4n) is 3.53. The van der Waals surface area contributed by atoms with Crippen LogP contribution in [0.2, 0.25) is 0 Å². The number of nitrogens with zero attached hydrogens (tertiary/aromatic N) is 6. The summed E-state index contributed by atoms with van der Waals surface area (Å²) in [7, 11) is 0. The highest BCUT2D eigenvalue weighted by molar-refractivity contribution is 5.92. The Balaban J connectivity index is 1.33. The van der Waals surface area contributed by atoms with Gasteiger partial charge in [-0.05, 0) is 44.2 Å². The number of rotatable bonds is 5. The summed E-state index contributed by atoms with van der Waals surface area (Å²) in [5.41, 5.74) is 2.54. The monoisotopic (exact) mass is 409 g/mol. The molecule has 8 nitrogen and oxygen atoms in total. The van der Waals surface area contributed by atoms with Crippen molar-refractivity contribution in [2.75, 3.05) is 42.9 Å². The van der Waals surface area contributed by atoms with E-state index in [0.29, 0.717) is 18.1 Å². The van der Waals surface area contributed by atoms with Gasteiger partial charge in [0.15, 0.2) is 5.82 Å². The van der Waals surface area contributed by atoms with Crippen LogP contribution in [0.3, 0.4) is 0 Å². The fourth-order valence-corrected chi connectivity index (χ4v) is 3.53. The van der Waals surface area contributed by atoms with E-state index in [1.807, 2.05) is 19.9 Å². The number of hydrogen-bond acceptors (Lipinski definition) is 6. The van der Waals surface area contributed by atoms with Gasteiger partial charge in [-0.2, -0.15) is 5.10 Å². The van der Waals surface area contributed by atoms with Gasteiger partial charge < -0.3 is 10.2 Å². The Bertz CT molecular complexity index is 1030. The molecule has 1 aliphatic heterocycles. The van der Waals surface area contributed by atoms with Crippen LogP contribution in [0.5, 0.6) is 0 Å². The highest BCUT2D eigenvalue weighted by Crippen LogP contribution is 2.16. The summed E-state index contributed by atoms with van der Waals surface area (Å²) in [6.45, 7) is 7.21. The number of carbonyl (C=O) groups is 1. The molecule has 3 aromatic rings. The number of benzene rings is 1. The molecular weight excluding hydrogens is 385 g/mol. The lowest BCUT2D eigenvalue weighted by Gasteiger charge is -2.34. The van der Waals surface area contributed by atoms with Crippen LogP contribution < -0.4 is 10.2 Å². The van der Waals surface area contributed by atoms with Crippen LogP contribution in [0.25, 0.3) is 5.82 Å². The SMILES string of the molecule is Cc1cc(C)n(-c2cncc(N3CCN(CC(=O)Nc4ccc(F)cc4)CC3)n2)n1. The first-order valence-corrected chi connectivity index (χ1v) is 9.86. The summed E-state index contributed by atoms with van der Waals surface area (Å²) in [5, 5.41) is 7.27. The van der Waals surface area contributed by atoms with Crippen LogP contribution in [-0.2, 0) is 4.79 Å². The number of nitrogens with one attached hydrogen (secondary N) is 1. The fraction of sp³-hybridized carbons (Fsp3) is 0.333. The van der Waals surface area contributed by atoms with Crippen molar-refractivity contribution in [3.8, 4) is 5.82 Å². The summed E-state index contributed by atoms with van der Waals surface area (Å²) in [5.74, 6) is 1.06. The zero-order valence-corrected chi connectivity index (χ0v) is 17.0. The molecule has 0 unspecified atom stereocenters. The summed E-state index contributed by atoms with van der Waals surface area (Å²) in [6.07, 6.45) is 3.46. The van der Waals surface area contributed by atoms with E-state index in [9.17, 15) is 9.18 Å². The van der Waals surface area contributed by atoms with Gasteiger partial charge in [0, 0.05) is 37.6 Å². The average molecular weight is 409 g/mol. The zero-order chi connectivity index (χ0) is 21.1. The summed E-state index contributed by atoms with van der Waals surface area (Å²) in [4.78, 5) is 25.6. The third-order valence-electron chi connectivity index (χ3n) is 5.03. The van der Waals surface area contributed by atoms with Crippen molar-refractivity contribution in [3.05, 3.63) is 59.9 Å². The number of carbonyl (C=O) groups excluding carboxylic acids is 1. The number of aryl methyl sites for hydroxylation is 2. The van der Waals surface area contributed by atoms with E-state index in [2.05, 4.69) is 25.2 Å². The number of anilines is 2. The Hall–Kier alpha value is -3.33. The van der Waals surface area contributed by atoms with Crippen LogP contribution in [0.1, 0.15) is 11.4 Å². The van der Waals surface area contributed by atoms with Crippen molar-refractivity contribution in [2.45, 2.75) is 13.8 Å². The number of amides is 1. The summed E-state index contributed by atoms with van der Waals surface area (Å²) < 4.78 is 14.8. The van der Waals surface area contributed by atoms with Crippen molar-refractivity contribution >= 4 is 17.4 Å². The molecule has 3 heterocycles. The molecule has 0 saturated carbocycles. The maximum absolute atomic E-state index is 13.0. The normalized spacial score (nSPS) is 14.7. The lowest BCUT2D eigenvalue weighted by Crippen LogP contribution is -2.49. The molecule has 1 N–H and O–H groups in total. The van der Waals surface area contributed by atoms with Gasteiger partial charge in [-0.25, -0.2) is 14.1 Å². The molecule has 1 fully saturated rings. The number of halogens is 1. The minimum absolute atomic E-state index is 0.110. The lowest BCUT2D eigenvalue weighted by molar-refractivity contribution is -0.117. The number of hydrogen-bond donors (Lipinski definition) is 1. The largest absolute Gasteiger partial charge is 0.353 e. The van der Waals surface area contributed by atoms with Crippen LogP contribution in [0.15, 0.2) is 42.7 Å². The van der Waals surface area contributed by atoms with Crippen molar-refractivity contribution in [1.82, 2.24) is 24.6 Å². The van der Waals surface area contributed by atoms with Crippen molar-refractivity contribution in [2.24, 2.45) is 0 Å². The van der Waals surface area contributed by atoms with E-state index in [4.69, 9.17) is 4.98 Å². The molecule has 1 saturated heterocycles. The van der Waals surface area contributed by atoms with E-state index in [1.54, 1.807) is 29.2 Å². The minimum atomic E-state index is -0.325. The van der Waals surface area contributed by atoms with Gasteiger partial charge in [0.1, 0.15) is 11.6 Å². The van der Waals surface area contributed by atoms with Gasteiger partial charge in [-0.3, -0.25) is 14.7 Å². The van der Waals surface area contributed by atoms with Gasteiger partial charge >= 0.3 is 0 Å². The Morgan fingerprint density at radius 1 is 1.07 bits per heavy atom. The molecule has 0 spiro atoms. The highest BCUT2D eigenvalue weighted by atomic mass is 19.1. The molecule has 1 aromatic carbocycles. The molecule has 0 bridgehead atoms. The average Bonchev–Trinajstić information content (AvgIpc) is 3.08. The standard InChI is InChI=1S/C21H24FN7O/c1-15-11-16(2)29(26-15)20-13-23-12-19(25-20)28-9-7-27(8-10-28)14-21(30)24-18-5-3-17(22)4-6-18/h3-6,11-13H,7-10,14H2,1-2H3,(H,24,30). The molecule has 9 heteroatoms. The third kappa shape index (κ3) is 4.62. The molecule has 0 radical (unpaired) electrons. The summed E-state index contributed by atoms with van der Waals surface area (Å²) >= 11 is 0. The van der Waals surface area contributed by atoms with Gasteiger partial charge in [-0.1, -0.05) is 0 Å².